The van der Waals surface area contributed by atoms with Gasteiger partial charge in [0.15, 0.2) is 11.5 Å². The molecule has 3 aromatic rings. The molecule has 1 N–H and O–H groups in total. The highest BCUT2D eigenvalue weighted by Crippen LogP contribution is 2.30. The third kappa shape index (κ3) is 2.78. The van der Waals surface area contributed by atoms with Gasteiger partial charge < -0.3 is 14.8 Å². The minimum absolute atomic E-state index is 0.169. The first-order chi connectivity index (χ1) is 11.8. The summed E-state index contributed by atoms with van der Waals surface area (Å²) in [7, 11) is 0. The summed E-state index contributed by atoms with van der Waals surface area (Å²) in [5.41, 5.74) is 1.08. The van der Waals surface area contributed by atoms with Gasteiger partial charge in [-0.2, -0.15) is 0 Å². The van der Waals surface area contributed by atoms with Crippen LogP contribution >= 0.6 is 0 Å². The summed E-state index contributed by atoms with van der Waals surface area (Å²) >= 11 is 0. The van der Waals surface area contributed by atoms with Crippen molar-refractivity contribution in [3.05, 3.63) is 72.3 Å². The van der Waals surface area contributed by atoms with Crippen LogP contribution in [-0.4, -0.2) is 18.6 Å². The summed E-state index contributed by atoms with van der Waals surface area (Å²) in [6.07, 6.45) is -0.630. The summed E-state index contributed by atoms with van der Waals surface area (Å²) in [5.74, 6) is 1.11. The van der Waals surface area contributed by atoms with Crippen LogP contribution in [0.25, 0.3) is 10.8 Å². The summed E-state index contributed by atoms with van der Waals surface area (Å²) in [6.45, 7) is 0.681. The van der Waals surface area contributed by atoms with Crippen molar-refractivity contribution in [1.82, 2.24) is 5.32 Å². The zero-order valence-corrected chi connectivity index (χ0v) is 13.1. The molecule has 0 saturated carbocycles. The molecule has 3 aromatic carbocycles. The topological polar surface area (TPSA) is 47.6 Å². The van der Waals surface area contributed by atoms with E-state index in [1.807, 2.05) is 42.5 Å². The number of ether oxygens (including phenoxy) is 2. The molecule has 1 unspecified atom stereocenters. The molecule has 1 heterocycles. The molecule has 4 rings (SSSR count). The third-order valence-electron chi connectivity index (χ3n) is 4.13. The number of rotatable bonds is 3. The Morgan fingerprint density at radius 1 is 0.958 bits per heavy atom. The smallest absolute Gasteiger partial charge is 0.264 e. The molecule has 1 amide bonds. The largest absolute Gasteiger partial charge is 0.485 e. The van der Waals surface area contributed by atoms with Crippen LogP contribution in [0, 0.1) is 0 Å². The molecule has 1 atom stereocenters. The number of hydrogen-bond donors (Lipinski definition) is 1. The Kier molecular flexibility index (Phi) is 3.79. The highest BCUT2D eigenvalue weighted by atomic mass is 16.6. The fourth-order valence-corrected chi connectivity index (χ4v) is 2.89. The molecule has 0 radical (unpaired) electrons. The van der Waals surface area contributed by atoms with E-state index in [0.29, 0.717) is 18.0 Å². The molecular weight excluding hydrogens is 302 g/mol. The van der Waals surface area contributed by atoms with Crippen LogP contribution in [0.3, 0.4) is 0 Å². The third-order valence-corrected chi connectivity index (χ3v) is 4.13. The van der Waals surface area contributed by atoms with Gasteiger partial charge in [-0.15, -0.1) is 0 Å². The van der Waals surface area contributed by atoms with E-state index >= 15 is 0 Å². The lowest BCUT2D eigenvalue weighted by Gasteiger charge is -2.25. The first kappa shape index (κ1) is 14.6. The molecule has 0 aromatic heterocycles. The average Bonchev–Trinajstić information content (AvgIpc) is 2.65. The van der Waals surface area contributed by atoms with Crippen molar-refractivity contribution < 1.29 is 14.3 Å². The van der Waals surface area contributed by atoms with Gasteiger partial charge in [0.05, 0.1) is 0 Å². The van der Waals surface area contributed by atoms with E-state index in [4.69, 9.17) is 9.47 Å². The summed E-state index contributed by atoms with van der Waals surface area (Å²) in [5, 5.41) is 5.25. The average molecular weight is 319 g/mol. The van der Waals surface area contributed by atoms with Gasteiger partial charge in [0.25, 0.3) is 5.91 Å². The Morgan fingerprint density at radius 3 is 2.62 bits per heavy atom. The summed E-state index contributed by atoms with van der Waals surface area (Å²) in [4.78, 5) is 12.4. The second kappa shape index (κ2) is 6.24. The van der Waals surface area contributed by atoms with Crippen LogP contribution in [0.5, 0.6) is 11.5 Å². The van der Waals surface area contributed by atoms with Crippen LogP contribution in [0.1, 0.15) is 5.56 Å². The van der Waals surface area contributed by atoms with Crippen molar-refractivity contribution in [2.75, 3.05) is 6.61 Å². The van der Waals surface area contributed by atoms with E-state index in [1.54, 1.807) is 6.07 Å². The molecule has 0 fully saturated rings. The van der Waals surface area contributed by atoms with Crippen LogP contribution < -0.4 is 14.8 Å². The minimum Gasteiger partial charge on any atom is -0.485 e. The second-order valence-corrected chi connectivity index (χ2v) is 5.72. The Balaban J connectivity index is 1.45. The molecule has 0 aliphatic carbocycles. The Bertz CT molecular complexity index is 885. The van der Waals surface area contributed by atoms with E-state index in [-0.39, 0.29) is 12.5 Å². The molecule has 120 valence electrons. The number of carbonyl (C=O) groups is 1. The SMILES string of the molecule is O=C(NCc1cccc2ccccc12)C1COc2ccccc2O1. The quantitative estimate of drug-likeness (QED) is 0.806. The predicted octanol–water partition coefficient (Wildman–Crippen LogP) is 3.30. The first-order valence-electron chi connectivity index (χ1n) is 7.94. The maximum Gasteiger partial charge on any atom is 0.264 e. The van der Waals surface area contributed by atoms with Crippen molar-refractivity contribution >= 4 is 16.7 Å². The number of carbonyl (C=O) groups excluding carboxylic acids is 1. The molecule has 4 heteroatoms. The highest BCUT2D eigenvalue weighted by molar-refractivity contribution is 5.87. The number of para-hydroxylation sites is 2. The lowest BCUT2D eigenvalue weighted by molar-refractivity contribution is -0.130. The van der Waals surface area contributed by atoms with Crippen LogP contribution in [-0.2, 0) is 11.3 Å². The lowest BCUT2D eigenvalue weighted by atomic mass is 10.0. The number of nitrogens with one attached hydrogen (secondary N) is 1. The van der Waals surface area contributed by atoms with Crippen molar-refractivity contribution in [3.8, 4) is 11.5 Å². The predicted molar refractivity (Wildman–Crippen MR) is 92.1 cm³/mol. The van der Waals surface area contributed by atoms with Gasteiger partial charge >= 0.3 is 0 Å². The molecule has 0 bridgehead atoms. The number of hydrogen-bond acceptors (Lipinski definition) is 3. The number of amides is 1. The van der Waals surface area contributed by atoms with Crippen molar-refractivity contribution in [1.29, 1.82) is 0 Å². The molecule has 4 nitrogen and oxygen atoms in total. The Labute approximate surface area is 140 Å². The number of benzene rings is 3. The van der Waals surface area contributed by atoms with Gasteiger partial charge in [0.2, 0.25) is 6.10 Å². The van der Waals surface area contributed by atoms with E-state index in [2.05, 4.69) is 23.5 Å². The van der Waals surface area contributed by atoms with E-state index < -0.39 is 6.10 Å². The van der Waals surface area contributed by atoms with E-state index in [0.717, 1.165) is 16.3 Å². The molecule has 0 saturated heterocycles. The Hall–Kier alpha value is -3.01. The summed E-state index contributed by atoms with van der Waals surface area (Å²) < 4.78 is 11.3. The van der Waals surface area contributed by atoms with Gasteiger partial charge in [-0.05, 0) is 28.5 Å². The van der Waals surface area contributed by atoms with Gasteiger partial charge in [-0.25, -0.2) is 0 Å². The van der Waals surface area contributed by atoms with Crippen LogP contribution in [0.4, 0.5) is 0 Å². The zero-order chi connectivity index (χ0) is 16.4. The maximum absolute atomic E-state index is 12.4. The number of fused-ring (bicyclic) bond motifs is 2. The summed E-state index contributed by atoms with van der Waals surface area (Å²) in [6, 6.07) is 21.6. The van der Waals surface area contributed by atoms with Crippen molar-refractivity contribution in [2.45, 2.75) is 12.6 Å². The van der Waals surface area contributed by atoms with E-state index in [9.17, 15) is 4.79 Å². The van der Waals surface area contributed by atoms with Gasteiger partial charge in [0.1, 0.15) is 6.61 Å². The molecule has 24 heavy (non-hydrogen) atoms. The Morgan fingerprint density at radius 2 is 1.71 bits per heavy atom. The molecular formula is C20H17NO3. The first-order valence-corrected chi connectivity index (χ1v) is 7.94. The van der Waals surface area contributed by atoms with Crippen molar-refractivity contribution in [2.24, 2.45) is 0 Å². The van der Waals surface area contributed by atoms with Gasteiger partial charge in [-0.1, -0.05) is 54.6 Å². The van der Waals surface area contributed by atoms with E-state index in [1.165, 1.54) is 0 Å². The normalized spacial score (nSPS) is 15.9. The second-order valence-electron chi connectivity index (χ2n) is 5.72. The van der Waals surface area contributed by atoms with Crippen LogP contribution in [0.2, 0.25) is 0 Å². The monoisotopic (exact) mass is 319 g/mol. The molecule has 1 aliphatic heterocycles. The molecule has 1 aliphatic rings. The highest BCUT2D eigenvalue weighted by Gasteiger charge is 2.26. The fraction of sp³-hybridized carbons (Fsp3) is 0.150. The minimum atomic E-state index is -0.630. The van der Waals surface area contributed by atoms with Gasteiger partial charge in [0, 0.05) is 6.54 Å². The van der Waals surface area contributed by atoms with Crippen LogP contribution in [0.15, 0.2) is 66.7 Å². The van der Waals surface area contributed by atoms with Crippen molar-refractivity contribution in [3.63, 3.8) is 0 Å². The lowest BCUT2D eigenvalue weighted by Crippen LogP contribution is -2.43. The standard InChI is InChI=1S/C20H17NO3/c22-20(19-13-23-17-10-3-4-11-18(17)24-19)21-12-15-8-5-7-14-6-1-2-9-16(14)15/h1-11,19H,12-13H2,(H,21,22). The zero-order valence-electron chi connectivity index (χ0n) is 13.1. The molecule has 0 spiro atoms. The fourth-order valence-electron chi connectivity index (χ4n) is 2.89. The maximum atomic E-state index is 12.4. The van der Waals surface area contributed by atoms with Gasteiger partial charge in [-0.3, -0.25) is 4.79 Å².